The number of aromatic nitrogens is 6. The summed E-state index contributed by atoms with van der Waals surface area (Å²) in [6, 6.07) is 12.0. The molecule has 0 unspecified atom stereocenters. The summed E-state index contributed by atoms with van der Waals surface area (Å²) in [5.74, 6) is 13.5. The van der Waals surface area contributed by atoms with Crippen LogP contribution in [0.3, 0.4) is 0 Å². The predicted molar refractivity (Wildman–Crippen MR) is 233 cm³/mol. The van der Waals surface area contributed by atoms with E-state index in [-0.39, 0.29) is 22.7 Å². The SMILES string of the molecule is CC1(C)CN(c2nc(N)ncc2Cl)c2cc(C#C[C@@](C)(O)c3nccs3)ccc21.CC1(C)CN(c2nc(N)ncc2Cl)c2cc(C#C[C@](C)(O)c3nccs3)ccc21. The van der Waals surface area contributed by atoms with Crippen molar-refractivity contribution in [2.24, 2.45) is 0 Å². The van der Waals surface area contributed by atoms with Crippen molar-refractivity contribution in [3.05, 3.63) is 114 Å². The molecule has 296 valence electrons. The minimum absolute atomic E-state index is 0.100. The molecule has 6 heterocycles. The lowest BCUT2D eigenvalue weighted by atomic mass is 9.86. The summed E-state index contributed by atoms with van der Waals surface area (Å²) in [4.78, 5) is 29.0. The average Bonchev–Trinajstić information content (AvgIpc) is 4.00. The van der Waals surface area contributed by atoms with Crippen LogP contribution >= 0.6 is 45.9 Å². The third-order valence-corrected chi connectivity index (χ3v) is 12.2. The van der Waals surface area contributed by atoms with Crippen LogP contribution in [0.1, 0.15) is 73.8 Å². The molecule has 0 saturated heterocycles. The lowest BCUT2D eigenvalue weighted by Gasteiger charge is -2.22. The molecule has 0 aliphatic carbocycles. The minimum Gasteiger partial charge on any atom is -0.371 e. The van der Waals surface area contributed by atoms with Gasteiger partial charge in [-0.05, 0) is 49.2 Å². The molecule has 6 N–H and O–H groups in total. The molecule has 2 aromatic carbocycles. The monoisotopic (exact) mass is 850 g/mol. The second kappa shape index (κ2) is 15.5. The summed E-state index contributed by atoms with van der Waals surface area (Å²) >= 11 is 15.5. The van der Waals surface area contributed by atoms with Crippen LogP contribution in [-0.2, 0) is 22.0 Å². The van der Waals surface area contributed by atoms with Gasteiger partial charge in [0, 0.05) is 69.6 Å². The number of nitrogen functional groups attached to an aromatic ring is 2. The van der Waals surface area contributed by atoms with E-state index in [9.17, 15) is 10.2 Å². The highest BCUT2D eigenvalue weighted by Gasteiger charge is 2.39. The number of hydrogen-bond donors (Lipinski definition) is 4. The molecule has 0 amide bonds. The number of fused-ring (bicyclic) bond motifs is 2. The van der Waals surface area contributed by atoms with Crippen molar-refractivity contribution in [2.45, 2.75) is 63.6 Å². The Morgan fingerprint density at radius 1 is 0.672 bits per heavy atom. The minimum atomic E-state index is -1.31. The van der Waals surface area contributed by atoms with Crippen LogP contribution in [0, 0.1) is 23.7 Å². The van der Waals surface area contributed by atoms with E-state index >= 15 is 0 Å². The first-order valence-corrected chi connectivity index (χ1v) is 20.6. The Hall–Kier alpha value is -5.32. The fraction of sp³-hybridized carbons (Fsp3) is 0.286. The fourth-order valence-corrected chi connectivity index (χ4v) is 8.55. The zero-order valence-electron chi connectivity index (χ0n) is 32.5. The van der Waals surface area contributed by atoms with Crippen LogP contribution in [0.4, 0.5) is 34.9 Å². The highest BCUT2D eigenvalue weighted by Crippen LogP contribution is 2.47. The van der Waals surface area contributed by atoms with Crippen LogP contribution in [0.2, 0.25) is 10.0 Å². The molecule has 0 bridgehead atoms. The van der Waals surface area contributed by atoms with Gasteiger partial charge in [-0.3, -0.25) is 0 Å². The van der Waals surface area contributed by atoms with Crippen molar-refractivity contribution in [3.8, 4) is 23.7 Å². The molecule has 0 radical (unpaired) electrons. The zero-order chi connectivity index (χ0) is 41.6. The molecule has 12 nitrogen and oxygen atoms in total. The lowest BCUT2D eigenvalue weighted by molar-refractivity contribution is 0.121. The summed E-state index contributed by atoms with van der Waals surface area (Å²) in [5.41, 5.74) is 14.6. The van der Waals surface area contributed by atoms with Crippen molar-refractivity contribution in [3.63, 3.8) is 0 Å². The van der Waals surface area contributed by atoms with Crippen molar-refractivity contribution in [1.82, 2.24) is 29.9 Å². The maximum Gasteiger partial charge on any atom is 0.222 e. The molecule has 8 rings (SSSR count). The summed E-state index contributed by atoms with van der Waals surface area (Å²) in [6.45, 7) is 13.4. The summed E-state index contributed by atoms with van der Waals surface area (Å²) in [7, 11) is 0. The van der Waals surface area contributed by atoms with Crippen molar-refractivity contribution >= 4 is 80.8 Å². The van der Waals surface area contributed by atoms with E-state index in [1.807, 2.05) is 44.8 Å². The summed E-state index contributed by atoms with van der Waals surface area (Å²) < 4.78 is 0. The van der Waals surface area contributed by atoms with Crippen LogP contribution in [0.15, 0.2) is 71.9 Å². The summed E-state index contributed by atoms with van der Waals surface area (Å²) in [5, 5.41) is 26.9. The number of nitrogens with zero attached hydrogens (tertiary/aromatic N) is 8. The Morgan fingerprint density at radius 2 is 1.07 bits per heavy atom. The number of nitrogens with two attached hydrogens (primary N) is 2. The molecule has 0 saturated carbocycles. The molecule has 16 heteroatoms. The van der Waals surface area contributed by atoms with E-state index in [1.54, 1.807) is 26.2 Å². The van der Waals surface area contributed by atoms with E-state index < -0.39 is 11.2 Å². The van der Waals surface area contributed by atoms with E-state index in [2.05, 4.69) is 93.4 Å². The molecule has 2 aliphatic rings. The van der Waals surface area contributed by atoms with Gasteiger partial charge in [-0.15, -0.1) is 22.7 Å². The van der Waals surface area contributed by atoms with Gasteiger partial charge in [-0.1, -0.05) is 86.7 Å². The van der Waals surface area contributed by atoms with E-state index in [0.717, 1.165) is 22.5 Å². The molecule has 6 aromatic rings. The van der Waals surface area contributed by atoms with Gasteiger partial charge in [0.1, 0.15) is 20.1 Å². The van der Waals surface area contributed by atoms with Gasteiger partial charge in [0.15, 0.2) is 22.8 Å². The number of hydrogen-bond acceptors (Lipinski definition) is 14. The number of thiazole rings is 2. The normalized spacial score (nSPS) is 16.7. The smallest absolute Gasteiger partial charge is 0.222 e. The molecule has 4 aromatic heterocycles. The molecular weight excluding hydrogens is 812 g/mol. The van der Waals surface area contributed by atoms with Crippen LogP contribution in [0.25, 0.3) is 0 Å². The molecular formula is C42H40Cl2N10O2S2. The molecule has 0 fully saturated rings. The van der Waals surface area contributed by atoms with Gasteiger partial charge in [-0.2, -0.15) is 9.97 Å². The number of anilines is 6. The van der Waals surface area contributed by atoms with E-state index in [0.29, 0.717) is 44.8 Å². The Kier molecular flexibility index (Phi) is 10.9. The number of rotatable bonds is 4. The third kappa shape index (κ3) is 8.31. The Morgan fingerprint density at radius 3 is 1.43 bits per heavy atom. The van der Waals surface area contributed by atoms with Gasteiger partial charge in [-0.25, -0.2) is 19.9 Å². The average molecular weight is 852 g/mol. The second-order valence-corrected chi connectivity index (χ2v) is 18.1. The van der Waals surface area contributed by atoms with Crippen LogP contribution in [0.5, 0.6) is 0 Å². The fourth-order valence-electron chi connectivity index (χ4n) is 6.86. The Labute approximate surface area is 355 Å². The van der Waals surface area contributed by atoms with Gasteiger partial charge >= 0.3 is 0 Å². The number of halogens is 2. The van der Waals surface area contributed by atoms with Crippen molar-refractivity contribution < 1.29 is 10.2 Å². The standard InChI is InChI=1S/2C21H20ClN5OS/c2*1-20(2)12-27(17-15(22)11-25-19(23)26-17)16-10-13(4-5-14(16)20)6-7-21(3,28)18-24-8-9-29-18/h2*4-5,8-11,28H,12H2,1-3H3,(H2,23,25,26)/t2*21-/m10/s1. The predicted octanol–water partition coefficient (Wildman–Crippen LogP) is 7.71. The third-order valence-electron chi connectivity index (χ3n) is 9.74. The largest absolute Gasteiger partial charge is 0.371 e. The maximum absolute atomic E-state index is 10.6. The maximum atomic E-state index is 10.6. The number of benzene rings is 2. The van der Waals surface area contributed by atoms with Gasteiger partial charge < -0.3 is 31.5 Å². The van der Waals surface area contributed by atoms with Crippen LogP contribution in [-0.4, -0.2) is 53.2 Å². The number of aliphatic hydroxyl groups is 2. The van der Waals surface area contributed by atoms with Gasteiger partial charge in [0.05, 0.1) is 12.4 Å². The second-order valence-electron chi connectivity index (χ2n) is 15.5. The van der Waals surface area contributed by atoms with Gasteiger partial charge in [0.2, 0.25) is 11.9 Å². The first kappa shape index (κ1) is 40.9. The van der Waals surface area contributed by atoms with Crippen molar-refractivity contribution in [1.29, 1.82) is 0 Å². The first-order valence-electron chi connectivity index (χ1n) is 18.1. The van der Waals surface area contributed by atoms with Crippen molar-refractivity contribution in [2.75, 3.05) is 34.4 Å². The molecule has 2 aliphatic heterocycles. The molecule has 2 atom stereocenters. The highest BCUT2D eigenvalue weighted by molar-refractivity contribution is 7.10. The highest BCUT2D eigenvalue weighted by atomic mass is 35.5. The molecule has 0 spiro atoms. The first-order chi connectivity index (χ1) is 27.3. The van der Waals surface area contributed by atoms with E-state index in [1.165, 1.54) is 46.2 Å². The Bertz CT molecular complexity index is 2440. The van der Waals surface area contributed by atoms with E-state index in [4.69, 9.17) is 34.7 Å². The Balaban J connectivity index is 0.000000177. The topological polar surface area (TPSA) is 176 Å². The molecule has 58 heavy (non-hydrogen) atoms. The quantitative estimate of drug-likeness (QED) is 0.127. The lowest BCUT2D eigenvalue weighted by Crippen LogP contribution is -2.26. The van der Waals surface area contributed by atoms with Gasteiger partial charge in [0.25, 0.3) is 0 Å². The van der Waals surface area contributed by atoms with Crippen LogP contribution < -0.4 is 21.3 Å². The summed E-state index contributed by atoms with van der Waals surface area (Å²) in [6.07, 6.45) is 6.34. The zero-order valence-corrected chi connectivity index (χ0v) is 35.7.